The molecule has 7 heteroatoms. The molecule has 162 valence electrons. The number of piperidine rings is 1. The Morgan fingerprint density at radius 3 is 2.73 bits per heavy atom. The van der Waals surface area contributed by atoms with E-state index in [1.54, 1.807) is 11.8 Å². The molecular formula is C23H32N4O3. The van der Waals surface area contributed by atoms with E-state index in [-0.39, 0.29) is 18.1 Å². The van der Waals surface area contributed by atoms with Crippen molar-refractivity contribution < 1.29 is 14.3 Å². The molecule has 0 spiro atoms. The van der Waals surface area contributed by atoms with Gasteiger partial charge in [0, 0.05) is 37.5 Å². The minimum Gasteiger partial charge on any atom is -0.496 e. The molecule has 3 heterocycles. The van der Waals surface area contributed by atoms with Gasteiger partial charge in [-0.1, -0.05) is 12.5 Å². The maximum absolute atomic E-state index is 13.6. The summed E-state index contributed by atoms with van der Waals surface area (Å²) in [4.78, 5) is 18.0. The number of morpholine rings is 1. The molecule has 2 fully saturated rings. The smallest absolute Gasteiger partial charge is 0.254 e. The van der Waals surface area contributed by atoms with E-state index in [0.717, 1.165) is 36.5 Å². The fourth-order valence-electron chi connectivity index (χ4n) is 4.62. The number of carbonyl (C=O) groups is 1. The van der Waals surface area contributed by atoms with Gasteiger partial charge in [-0.2, -0.15) is 5.10 Å². The molecule has 2 aromatic rings. The standard InChI is InChI=1S/C23H32N4O3/c1-17-7-8-18(13-20(17)29-3)23(28)27-11-12-30-21(16-26-9-5-4-6-10-26)22(27)19-14-24-25(2)15-19/h7-8,13-15,21-22H,4-6,9-12,16H2,1-3H3/t21-,22-/m0/s1. The summed E-state index contributed by atoms with van der Waals surface area (Å²) in [7, 11) is 3.54. The fourth-order valence-corrected chi connectivity index (χ4v) is 4.62. The zero-order chi connectivity index (χ0) is 21.1. The largest absolute Gasteiger partial charge is 0.496 e. The molecule has 0 bridgehead atoms. The number of carbonyl (C=O) groups excluding carboxylic acids is 1. The van der Waals surface area contributed by atoms with Gasteiger partial charge in [0.25, 0.3) is 5.91 Å². The van der Waals surface area contributed by atoms with Crippen LogP contribution in [0.25, 0.3) is 0 Å². The third-order valence-electron chi connectivity index (χ3n) is 6.22. The molecule has 1 aromatic carbocycles. The molecule has 0 radical (unpaired) electrons. The molecule has 0 N–H and O–H groups in total. The number of ether oxygens (including phenoxy) is 2. The average molecular weight is 413 g/mol. The Labute approximate surface area is 178 Å². The Kier molecular flexibility index (Phi) is 6.39. The SMILES string of the molecule is COc1cc(C(=O)N2CCO[C@@H](CN3CCCCC3)[C@@H]2c2cnn(C)c2)ccc1C. The number of aryl methyl sites for hydroxylation is 2. The van der Waals surface area contributed by atoms with Crippen molar-refractivity contribution in [3.63, 3.8) is 0 Å². The monoisotopic (exact) mass is 412 g/mol. The van der Waals surface area contributed by atoms with Crippen molar-refractivity contribution in [3.05, 3.63) is 47.3 Å². The summed E-state index contributed by atoms with van der Waals surface area (Å²) in [6, 6.07) is 5.51. The predicted molar refractivity (Wildman–Crippen MR) is 115 cm³/mol. The van der Waals surface area contributed by atoms with Crippen LogP contribution in [0.1, 0.15) is 46.8 Å². The lowest BCUT2D eigenvalue weighted by Crippen LogP contribution is -2.52. The first-order valence-corrected chi connectivity index (χ1v) is 10.8. The van der Waals surface area contributed by atoms with Crippen LogP contribution in [0, 0.1) is 6.92 Å². The van der Waals surface area contributed by atoms with Crippen LogP contribution in [0.3, 0.4) is 0 Å². The van der Waals surface area contributed by atoms with Crippen LogP contribution < -0.4 is 4.74 Å². The summed E-state index contributed by atoms with van der Waals surface area (Å²) < 4.78 is 13.5. The zero-order valence-electron chi connectivity index (χ0n) is 18.2. The molecule has 2 saturated heterocycles. The van der Waals surface area contributed by atoms with Gasteiger partial charge in [0.2, 0.25) is 0 Å². The number of rotatable bonds is 5. The van der Waals surface area contributed by atoms with Crippen LogP contribution in [0.4, 0.5) is 0 Å². The topological polar surface area (TPSA) is 59.8 Å². The van der Waals surface area contributed by atoms with Gasteiger partial charge in [-0.05, 0) is 50.6 Å². The van der Waals surface area contributed by atoms with Crippen LogP contribution in [-0.2, 0) is 11.8 Å². The number of nitrogens with zero attached hydrogens (tertiary/aromatic N) is 4. The van der Waals surface area contributed by atoms with Crippen molar-refractivity contribution in [3.8, 4) is 5.75 Å². The maximum atomic E-state index is 13.6. The lowest BCUT2D eigenvalue weighted by molar-refractivity contribution is -0.0741. The lowest BCUT2D eigenvalue weighted by Gasteiger charge is -2.43. The van der Waals surface area contributed by atoms with Gasteiger partial charge in [0.05, 0.1) is 32.1 Å². The molecule has 2 atom stereocenters. The van der Waals surface area contributed by atoms with Gasteiger partial charge in [0.15, 0.2) is 0 Å². The number of hydrogen-bond acceptors (Lipinski definition) is 5. The highest BCUT2D eigenvalue weighted by molar-refractivity contribution is 5.95. The number of likely N-dealkylation sites (tertiary alicyclic amines) is 1. The van der Waals surface area contributed by atoms with Gasteiger partial charge < -0.3 is 19.3 Å². The van der Waals surface area contributed by atoms with Crippen LogP contribution in [0.15, 0.2) is 30.6 Å². The molecule has 0 saturated carbocycles. The number of aromatic nitrogens is 2. The van der Waals surface area contributed by atoms with Gasteiger partial charge in [-0.3, -0.25) is 9.48 Å². The molecular weight excluding hydrogens is 380 g/mol. The number of amides is 1. The number of methoxy groups -OCH3 is 1. The third kappa shape index (κ3) is 4.37. The van der Waals surface area contributed by atoms with Crippen molar-refractivity contribution in [2.24, 2.45) is 7.05 Å². The van der Waals surface area contributed by atoms with Gasteiger partial charge in [-0.25, -0.2) is 0 Å². The van der Waals surface area contributed by atoms with Crippen LogP contribution >= 0.6 is 0 Å². The van der Waals surface area contributed by atoms with E-state index in [1.807, 2.05) is 49.5 Å². The number of benzene rings is 1. The lowest BCUT2D eigenvalue weighted by atomic mass is 9.98. The molecule has 1 amide bonds. The predicted octanol–water partition coefficient (Wildman–Crippen LogP) is 2.81. The average Bonchev–Trinajstić information content (AvgIpc) is 3.20. The van der Waals surface area contributed by atoms with Gasteiger partial charge in [-0.15, -0.1) is 0 Å². The summed E-state index contributed by atoms with van der Waals surface area (Å²) in [6.45, 7) is 6.12. The van der Waals surface area contributed by atoms with E-state index in [2.05, 4.69) is 10.00 Å². The van der Waals surface area contributed by atoms with Crippen molar-refractivity contribution >= 4 is 5.91 Å². The van der Waals surface area contributed by atoms with Gasteiger partial charge >= 0.3 is 0 Å². The first-order chi connectivity index (χ1) is 14.6. The van der Waals surface area contributed by atoms with Crippen LogP contribution in [-0.4, -0.2) is 71.5 Å². The van der Waals surface area contributed by atoms with E-state index < -0.39 is 0 Å². The van der Waals surface area contributed by atoms with Crippen molar-refractivity contribution in [2.45, 2.75) is 38.3 Å². The molecule has 0 unspecified atom stereocenters. The highest BCUT2D eigenvalue weighted by Gasteiger charge is 2.38. The van der Waals surface area contributed by atoms with E-state index in [0.29, 0.717) is 18.7 Å². The minimum atomic E-state index is -0.158. The Hall–Kier alpha value is -2.38. The highest BCUT2D eigenvalue weighted by atomic mass is 16.5. The molecule has 7 nitrogen and oxygen atoms in total. The second-order valence-electron chi connectivity index (χ2n) is 8.35. The Morgan fingerprint density at radius 1 is 1.23 bits per heavy atom. The Morgan fingerprint density at radius 2 is 2.03 bits per heavy atom. The summed E-state index contributed by atoms with van der Waals surface area (Å²) >= 11 is 0. The van der Waals surface area contributed by atoms with Crippen molar-refractivity contribution in [2.75, 3.05) is 39.9 Å². The molecule has 2 aliphatic rings. The minimum absolute atomic E-state index is 0.00842. The molecule has 2 aliphatic heterocycles. The summed E-state index contributed by atoms with van der Waals surface area (Å²) in [6.07, 6.45) is 7.55. The highest BCUT2D eigenvalue weighted by Crippen LogP contribution is 2.32. The van der Waals surface area contributed by atoms with Gasteiger partial charge in [0.1, 0.15) is 5.75 Å². The molecule has 4 rings (SSSR count). The molecule has 0 aliphatic carbocycles. The normalized spacial score (nSPS) is 22.8. The van der Waals surface area contributed by atoms with Crippen molar-refractivity contribution in [1.82, 2.24) is 19.6 Å². The third-order valence-corrected chi connectivity index (χ3v) is 6.22. The molecule has 1 aromatic heterocycles. The molecule has 30 heavy (non-hydrogen) atoms. The van der Waals surface area contributed by atoms with E-state index >= 15 is 0 Å². The van der Waals surface area contributed by atoms with E-state index in [1.165, 1.54) is 19.3 Å². The second kappa shape index (κ2) is 9.18. The second-order valence-corrected chi connectivity index (χ2v) is 8.35. The first-order valence-electron chi connectivity index (χ1n) is 10.8. The fraction of sp³-hybridized carbons (Fsp3) is 0.565. The summed E-state index contributed by atoms with van der Waals surface area (Å²) in [5.74, 6) is 0.742. The quantitative estimate of drug-likeness (QED) is 0.756. The van der Waals surface area contributed by atoms with Crippen LogP contribution in [0.2, 0.25) is 0 Å². The van der Waals surface area contributed by atoms with E-state index in [9.17, 15) is 4.79 Å². The van der Waals surface area contributed by atoms with Crippen molar-refractivity contribution in [1.29, 1.82) is 0 Å². The Balaban J connectivity index is 1.63. The Bertz CT molecular complexity index is 875. The summed E-state index contributed by atoms with van der Waals surface area (Å²) in [5.41, 5.74) is 2.68. The first kappa shape index (κ1) is 20.9. The zero-order valence-corrected chi connectivity index (χ0v) is 18.2. The maximum Gasteiger partial charge on any atom is 0.254 e. The van der Waals surface area contributed by atoms with Crippen LogP contribution in [0.5, 0.6) is 5.75 Å². The summed E-state index contributed by atoms with van der Waals surface area (Å²) in [5, 5.41) is 4.37. The van der Waals surface area contributed by atoms with E-state index in [4.69, 9.17) is 9.47 Å². The number of hydrogen-bond donors (Lipinski definition) is 0.